The van der Waals surface area contributed by atoms with Crippen LogP contribution in [-0.2, 0) is 4.79 Å². The molecule has 1 fully saturated rings. The summed E-state index contributed by atoms with van der Waals surface area (Å²) >= 11 is 13.5. The number of nitrogens with zero attached hydrogens (tertiary/aromatic N) is 3. The zero-order chi connectivity index (χ0) is 23.9. The zero-order valence-electron chi connectivity index (χ0n) is 18.0. The summed E-state index contributed by atoms with van der Waals surface area (Å²) in [5.74, 6) is -1.15. The van der Waals surface area contributed by atoms with Gasteiger partial charge in [0.05, 0.1) is 26.2 Å². The highest BCUT2D eigenvalue weighted by Gasteiger charge is 2.30. The van der Waals surface area contributed by atoms with Crippen LogP contribution in [0.15, 0.2) is 58.4 Å². The van der Waals surface area contributed by atoms with Crippen molar-refractivity contribution in [3.63, 3.8) is 0 Å². The molecule has 0 saturated carbocycles. The molecule has 33 heavy (non-hydrogen) atoms. The lowest BCUT2D eigenvalue weighted by Crippen LogP contribution is -2.23. The molecule has 1 amide bonds. The molecule has 3 aromatic rings. The summed E-state index contributed by atoms with van der Waals surface area (Å²) in [7, 11) is 1.67. The third kappa shape index (κ3) is 4.57. The van der Waals surface area contributed by atoms with Gasteiger partial charge in [0, 0.05) is 24.1 Å². The Balaban J connectivity index is 1.65. The van der Waals surface area contributed by atoms with E-state index < -0.39 is 5.97 Å². The third-order valence-corrected chi connectivity index (χ3v) is 7.06. The van der Waals surface area contributed by atoms with Crippen LogP contribution >= 0.6 is 35.0 Å². The van der Waals surface area contributed by atoms with Gasteiger partial charge in [-0.25, -0.2) is 9.79 Å². The molecule has 1 aliphatic rings. The van der Waals surface area contributed by atoms with Crippen LogP contribution in [0.25, 0.3) is 11.8 Å². The molecule has 0 bridgehead atoms. The maximum atomic E-state index is 12.8. The number of aromatic carboxylic acids is 1. The number of likely N-dealkylation sites (N-methyl/N-ethyl adjacent to an activating group) is 1. The summed E-state index contributed by atoms with van der Waals surface area (Å²) in [6.07, 6.45) is 1.86. The molecule has 168 valence electrons. The van der Waals surface area contributed by atoms with Crippen LogP contribution in [0.5, 0.6) is 0 Å². The lowest BCUT2D eigenvalue weighted by atomic mass is 10.2. The molecule has 9 heteroatoms. The SMILES string of the molecule is Cc1cc(/C=C2\SC(=Nc3ccc(C(=O)O)cc3)N(C)C2=O)c(C)n1-c1ccc(Cl)c(Cl)c1. The first-order valence-electron chi connectivity index (χ1n) is 9.89. The number of benzene rings is 2. The van der Waals surface area contributed by atoms with E-state index in [1.54, 1.807) is 25.2 Å². The number of hydrogen-bond donors (Lipinski definition) is 1. The molecule has 1 saturated heterocycles. The van der Waals surface area contributed by atoms with Crippen LogP contribution in [0.3, 0.4) is 0 Å². The molecule has 2 heterocycles. The first-order chi connectivity index (χ1) is 15.7. The first-order valence-corrected chi connectivity index (χ1v) is 11.5. The van der Waals surface area contributed by atoms with Crippen LogP contribution < -0.4 is 0 Å². The number of amidine groups is 1. The predicted molar refractivity (Wildman–Crippen MR) is 134 cm³/mol. The van der Waals surface area contributed by atoms with Crippen molar-refractivity contribution < 1.29 is 14.7 Å². The molecule has 0 spiro atoms. The number of carboxylic acids is 1. The van der Waals surface area contributed by atoms with E-state index >= 15 is 0 Å². The van der Waals surface area contributed by atoms with Gasteiger partial charge in [-0.2, -0.15) is 0 Å². The second-order valence-electron chi connectivity index (χ2n) is 7.48. The molecule has 0 atom stereocenters. The number of hydrogen-bond acceptors (Lipinski definition) is 4. The first kappa shape index (κ1) is 23.2. The topological polar surface area (TPSA) is 74.9 Å². The summed E-state index contributed by atoms with van der Waals surface area (Å²) in [5, 5.41) is 10.5. The van der Waals surface area contributed by atoms with E-state index in [1.807, 2.05) is 38.1 Å². The number of aryl methyl sites for hydroxylation is 1. The van der Waals surface area contributed by atoms with Gasteiger partial charge in [-0.1, -0.05) is 23.2 Å². The van der Waals surface area contributed by atoms with Gasteiger partial charge in [0.1, 0.15) is 0 Å². The fraction of sp³-hybridized carbons (Fsp3) is 0.125. The summed E-state index contributed by atoms with van der Waals surface area (Å²) in [6, 6.07) is 13.7. The van der Waals surface area contributed by atoms with Crippen molar-refractivity contribution in [2.45, 2.75) is 13.8 Å². The highest BCUT2D eigenvalue weighted by Crippen LogP contribution is 2.35. The predicted octanol–water partition coefficient (Wildman–Crippen LogP) is 6.33. The summed E-state index contributed by atoms with van der Waals surface area (Å²) in [4.78, 5) is 30.4. The van der Waals surface area contributed by atoms with E-state index in [0.29, 0.717) is 25.8 Å². The Morgan fingerprint density at radius 2 is 1.76 bits per heavy atom. The molecule has 1 aliphatic heterocycles. The number of carboxylic acid groups (broad SMARTS) is 1. The second-order valence-corrected chi connectivity index (χ2v) is 9.31. The molecule has 6 nitrogen and oxygen atoms in total. The minimum atomic E-state index is -1.000. The van der Waals surface area contributed by atoms with Crippen molar-refractivity contribution >= 4 is 63.8 Å². The van der Waals surface area contributed by atoms with Gasteiger partial charge in [0.25, 0.3) is 5.91 Å². The Morgan fingerprint density at radius 3 is 2.39 bits per heavy atom. The average molecular weight is 500 g/mol. The Hall–Kier alpha value is -3.00. The van der Waals surface area contributed by atoms with Crippen molar-refractivity contribution in [2.24, 2.45) is 4.99 Å². The van der Waals surface area contributed by atoms with Crippen LogP contribution in [0.4, 0.5) is 5.69 Å². The average Bonchev–Trinajstić information content (AvgIpc) is 3.20. The fourth-order valence-electron chi connectivity index (χ4n) is 3.54. The summed E-state index contributed by atoms with van der Waals surface area (Å²) < 4.78 is 2.06. The highest BCUT2D eigenvalue weighted by molar-refractivity contribution is 8.18. The minimum absolute atomic E-state index is 0.153. The number of rotatable bonds is 4. The molecular formula is C24H19Cl2N3O3S. The normalized spacial score (nSPS) is 16.3. The van der Waals surface area contributed by atoms with E-state index in [9.17, 15) is 9.59 Å². The number of halogens is 2. The fourth-order valence-corrected chi connectivity index (χ4v) is 4.81. The van der Waals surface area contributed by atoms with Crippen LogP contribution in [0.1, 0.15) is 27.3 Å². The van der Waals surface area contributed by atoms with Crippen molar-refractivity contribution in [2.75, 3.05) is 7.05 Å². The van der Waals surface area contributed by atoms with Gasteiger partial charge >= 0.3 is 5.97 Å². The van der Waals surface area contributed by atoms with E-state index in [1.165, 1.54) is 28.8 Å². The minimum Gasteiger partial charge on any atom is -0.478 e. The zero-order valence-corrected chi connectivity index (χ0v) is 20.3. The maximum absolute atomic E-state index is 12.8. The van der Waals surface area contributed by atoms with Gasteiger partial charge < -0.3 is 9.67 Å². The van der Waals surface area contributed by atoms with Gasteiger partial charge in [0.2, 0.25) is 0 Å². The number of aliphatic imine (C=N–C) groups is 1. The van der Waals surface area contributed by atoms with Crippen molar-refractivity contribution in [1.29, 1.82) is 0 Å². The molecule has 0 unspecified atom stereocenters. The molecular weight excluding hydrogens is 481 g/mol. The maximum Gasteiger partial charge on any atom is 0.335 e. The Morgan fingerprint density at radius 1 is 1.06 bits per heavy atom. The molecule has 2 aromatic carbocycles. The molecule has 0 radical (unpaired) electrons. The second kappa shape index (κ2) is 9.09. The summed E-state index contributed by atoms with van der Waals surface area (Å²) in [5.41, 5.74) is 4.51. The molecule has 4 rings (SSSR count). The van der Waals surface area contributed by atoms with E-state index in [0.717, 1.165) is 22.6 Å². The number of thioether (sulfide) groups is 1. The standard InChI is InChI=1S/C24H19Cl2N3O3S/c1-13-10-16(14(2)29(13)18-8-9-19(25)20(26)12-18)11-21-22(30)28(3)24(33-21)27-17-6-4-15(5-7-17)23(31)32/h4-12H,1-3H3,(H,31,32)/b21-11-,27-24?. The largest absolute Gasteiger partial charge is 0.478 e. The Bertz CT molecular complexity index is 1340. The van der Waals surface area contributed by atoms with Crippen molar-refractivity contribution in [3.05, 3.63) is 86.0 Å². The number of carbonyl (C=O) groups is 2. The van der Waals surface area contributed by atoms with Crippen LogP contribution in [0.2, 0.25) is 10.0 Å². The van der Waals surface area contributed by atoms with E-state index in [2.05, 4.69) is 9.56 Å². The van der Waals surface area contributed by atoms with E-state index in [-0.39, 0.29) is 11.5 Å². The van der Waals surface area contributed by atoms with Crippen LogP contribution in [0, 0.1) is 13.8 Å². The van der Waals surface area contributed by atoms with Gasteiger partial charge in [-0.15, -0.1) is 0 Å². The highest BCUT2D eigenvalue weighted by atomic mass is 35.5. The molecule has 0 aliphatic carbocycles. The third-order valence-electron chi connectivity index (χ3n) is 5.26. The van der Waals surface area contributed by atoms with E-state index in [4.69, 9.17) is 28.3 Å². The lowest BCUT2D eigenvalue weighted by Gasteiger charge is -2.10. The lowest BCUT2D eigenvalue weighted by molar-refractivity contribution is -0.121. The van der Waals surface area contributed by atoms with Crippen molar-refractivity contribution in [1.82, 2.24) is 9.47 Å². The molecule has 1 N–H and O–H groups in total. The van der Waals surface area contributed by atoms with Gasteiger partial charge in [-0.05, 0) is 85.8 Å². The molecule has 1 aromatic heterocycles. The quantitative estimate of drug-likeness (QED) is 0.425. The number of carbonyl (C=O) groups excluding carboxylic acids is 1. The van der Waals surface area contributed by atoms with Crippen molar-refractivity contribution in [3.8, 4) is 5.69 Å². The van der Waals surface area contributed by atoms with Crippen LogP contribution in [-0.4, -0.2) is 38.7 Å². The summed E-state index contributed by atoms with van der Waals surface area (Å²) in [6.45, 7) is 3.97. The monoisotopic (exact) mass is 499 g/mol. The Kier molecular flexibility index (Phi) is 6.38. The number of amides is 1. The number of aromatic nitrogens is 1. The van der Waals surface area contributed by atoms with Gasteiger partial charge in [-0.3, -0.25) is 9.69 Å². The smallest absolute Gasteiger partial charge is 0.335 e. The Labute approximate surface area is 205 Å². The van der Waals surface area contributed by atoms with Gasteiger partial charge in [0.15, 0.2) is 5.17 Å².